The number of benzene rings is 1. The van der Waals surface area contributed by atoms with Crippen molar-refractivity contribution in [2.45, 2.75) is 20.3 Å². The van der Waals surface area contributed by atoms with Crippen LogP contribution in [0, 0.1) is 17.5 Å². The second-order valence-electron chi connectivity index (χ2n) is 3.13. The van der Waals surface area contributed by atoms with E-state index >= 15 is 0 Å². The highest BCUT2D eigenvalue weighted by atomic mass is 19.2. The Morgan fingerprint density at radius 2 is 1.71 bits per heavy atom. The molecule has 0 atom stereocenters. The van der Waals surface area contributed by atoms with Crippen LogP contribution in [-0.4, -0.2) is 0 Å². The van der Waals surface area contributed by atoms with Crippen LogP contribution >= 0.6 is 0 Å². The second-order valence-corrected chi connectivity index (χ2v) is 3.13. The van der Waals surface area contributed by atoms with Gasteiger partial charge in [0.05, 0.1) is 0 Å². The van der Waals surface area contributed by atoms with Crippen LogP contribution in [0.2, 0.25) is 0 Å². The fourth-order valence-corrected chi connectivity index (χ4v) is 1.02. The van der Waals surface area contributed by atoms with E-state index in [4.69, 9.17) is 0 Å². The highest BCUT2D eigenvalue weighted by molar-refractivity contribution is 5.53. The van der Waals surface area contributed by atoms with Crippen molar-refractivity contribution in [1.82, 2.24) is 0 Å². The molecule has 0 aliphatic heterocycles. The normalized spacial score (nSPS) is 11.9. The van der Waals surface area contributed by atoms with Crippen LogP contribution in [0.25, 0.3) is 6.08 Å². The summed E-state index contributed by atoms with van der Waals surface area (Å²) >= 11 is 0. The summed E-state index contributed by atoms with van der Waals surface area (Å²) in [5.41, 5.74) is 0.998. The average Bonchev–Trinajstić information content (AvgIpc) is 2.14. The van der Waals surface area contributed by atoms with Crippen LogP contribution in [0.15, 0.2) is 17.7 Å². The lowest BCUT2D eigenvalue weighted by atomic mass is 10.1. The fourth-order valence-electron chi connectivity index (χ4n) is 1.02. The largest absolute Gasteiger partial charge is 0.206 e. The van der Waals surface area contributed by atoms with Crippen LogP contribution in [-0.2, 0) is 0 Å². The molecule has 76 valence electrons. The maximum atomic E-state index is 13.1. The molecule has 0 aliphatic carbocycles. The zero-order valence-electron chi connectivity index (χ0n) is 8.07. The standard InChI is InChI=1S/C11H11F3/c1-3-7(2)4-8-5-10(13)11(14)6-9(8)12/h4-6H,3H2,1-2H3/b7-4+. The third-order valence-corrected chi connectivity index (χ3v) is 2.00. The van der Waals surface area contributed by atoms with Gasteiger partial charge in [-0.2, -0.15) is 0 Å². The van der Waals surface area contributed by atoms with Gasteiger partial charge in [0.25, 0.3) is 0 Å². The molecule has 0 amide bonds. The molecule has 1 rings (SSSR count). The van der Waals surface area contributed by atoms with Gasteiger partial charge in [-0.05, 0) is 19.4 Å². The lowest BCUT2D eigenvalue weighted by Gasteiger charge is -2.00. The summed E-state index contributed by atoms with van der Waals surface area (Å²) < 4.78 is 38.4. The Kier molecular flexibility index (Phi) is 3.33. The predicted molar refractivity (Wildman–Crippen MR) is 50.3 cm³/mol. The van der Waals surface area contributed by atoms with E-state index in [0.717, 1.165) is 18.1 Å². The van der Waals surface area contributed by atoms with Crippen LogP contribution in [0.3, 0.4) is 0 Å². The molecule has 0 bridgehead atoms. The summed E-state index contributed by atoms with van der Waals surface area (Å²) in [6.45, 7) is 3.71. The highest BCUT2D eigenvalue weighted by Crippen LogP contribution is 2.17. The van der Waals surface area contributed by atoms with E-state index in [1.807, 2.05) is 6.92 Å². The van der Waals surface area contributed by atoms with E-state index in [-0.39, 0.29) is 5.56 Å². The Balaban J connectivity index is 3.16. The number of hydrogen-bond acceptors (Lipinski definition) is 0. The maximum absolute atomic E-state index is 13.1. The van der Waals surface area contributed by atoms with E-state index in [1.54, 1.807) is 6.92 Å². The van der Waals surface area contributed by atoms with E-state index in [9.17, 15) is 13.2 Å². The molecule has 0 unspecified atom stereocenters. The molecule has 0 spiro atoms. The fraction of sp³-hybridized carbons (Fsp3) is 0.273. The smallest absolute Gasteiger partial charge is 0.161 e. The predicted octanol–water partition coefficient (Wildman–Crippen LogP) is 3.92. The van der Waals surface area contributed by atoms with E-state index < -0.39 is 17.5 Å². The molecule has 3 heteroatoms. The first-order valence-electron chi connectivity index (χ1n) is 4.36. The Hall–Kier alpha value is -1.25. The van der Waals surface area contributed by atoms with Crippen LogP contribution < -0.4 is 0 Å². The third-order valence-electron chi connectivity index (χ3n) is 2.00. The minimum Gasteiger partial charge on any atom is -0.206 e. The zero-order valence-corrected chi connectivity index (χ0v) is 8.07. The summed E-state index contributed by atoms with van der Waals surface area (Å²) in [5.74, 6) is -2.92. The summed E-state index contributed by atoms with van der Waals surface area (Å²) in [7, 11) is 0. The second kappa shape index (κ2) is 4.31. The van der Waals surface area contributed by atoms with Crippen molar-refractivity contribution in [1.29, 1.82) is 0 Å². The molecule has 14 heavy (non-hydrogen) atoms. The van der Waals surface area contributed by atoms with Gasteiger partial charge in [-0.25, -0.2) is 13.2 Å². The van der Waals surface area contributed by atoms with Crippen molar-refractivity contribution in [3.63, 3.8) is 0 Å². The van der Waals surface area contributed by atoms with Gasteiger partial charge < -0.3 is 0 Å². The van der Waals surface area contributed by atoms with Gasteiger partial charge >= 0.3 is 0 Å². The minimum absolute atomic E-state index is 0.0863. The summed E-state index contributed by atoms with van der Waals surface area (Å²) in [4.78, 5) is 0. The van der Waals surface area contributed by atoms with Gasteiger partial charge in [-0.1, -0.05) is 18.6 Å². The molecule has 0 saturated heterocycles. The van der Waals surface area contributed by atoms with Gasteiger partial charge in [0.1, 0.15) is 5.82 Å². The van der Waals surface area contributed by atoms with E-state index in [1.165, 1.54) is 6.08 Å². The monoisotopic (exact) mass is 200 g/mol. The van der Waals surface area contributed by atoms with Gasteiger partial charge in [0.2, 0.25) is 0 Å². The molecule has 0 N–H and O–H groups in total. The molecule has 0 saturated carbocycles. The first-order valence-corrected chi connectivity index (χ1v) is 4.36. The lowest BCUT2D eigenvalue weighted by molar-refractivity contribution is 0.494. The van der Waals surface area contributed by atoms with Crippen molar-refractivity contribution in [3.05, 3.63) is 40.7 Å². The summed E-state index contributed by atoms with van der Waals surface area (Å²) in [6, 6.07) is 1.42. The zero-order chi connectivity index (χ0) is 10.7. The maximum Gasteiger partial charge on any atom is 0.161 e. The molecular formula is C11H11F3. The first-order chi connectivity index (χ1) is 6.54. The molecular weight excluding hydrogens is 189 g/mol. The number of rotatable bonds is 2. The van der Waals surface area contributed by atoms with Gasteiger partial charge in [-0.15, -0.1) is 0 Å². The minimum atomic E-state index is -1.16. The lowest BCUT2D eigenvalue weighted by Crippen LogP contribution is -1.90. The van der Waals surface area contributed by atoms with Gasteiger partial charge in [0.15, 0.2) is 11.6 Å². The topological polar surface area (TPSA) is 0 Å². The SMILES string of the molecule is CC/C(C)=C/c1cc(F)c(F)cc1F. The van der Waals surface area contributed by atoms with Crippen molar-refractivity contribution >= 4 is 6.08 Å². The highest BCUT2D eigenvalue weighted by Gasteiger charge is 2.07. The molecule has 0 nitrogen and oxygen atoms in total. The van der Waals surface area contributed by atoms with Gasteiger partial charge in [-0.3, -0.25) is 0 Å². The average molecular weight is 200 g/mol. The van der Waals surface area contributed by atoms with Crippen molar-refractivity contribution in [2.24, 2.45) is 0 Å². The molecule has 0 radical (unpaired) electrons. The van der Waals surface area contributed by atoms with Crippen molar-refractivity contribution < 1.29 is 13.2 Å². The summed E-state index contributed by atoms with van der Waals surface area (Å²) in [5, 5.41) is 0. The Morgan fingerprint density at radius 1 is 1.14 bits per heavy atom. The van der Waals surface area contributed by atoms with E-state index in [2.05, 4.69) is 0 Å². The number of halogens is 3. The number of hydrogen-bond donors (Lipinski definition) is 0. The van der Waals surface area contributed by atoms with E-state index in [0.29, 0.717) is 6.07 Å². The molecule has 0 fully saturated rings. The Labute approximate surface area is 81.1 Å². The number of allylic oxidation sites excluding steroid dienone is 1. The quantitative estimate of drug-likeness (QED) is 0.635. The van der Waals surface area contributed by atoms with Gasteiger partial charge in [0, 0.05) is 11.6 Å². The molecule has 0 heterocycles. The molecule has 0 aliphatic rings. The Morgan fingerprint density at radius 3 is 2.29 bits per heavy atom. The molecule has 1 aromatic rings. The van der Waals surface area contributed by atoms with Crippen molar-refractivity contribution in [3.8, 4) is 0 Å². The molecule has 1 aromatic carbocycles. The van der Waals surface area contributed by atoms with Crippen LogP contribution in [0.5, 0.6) is 0 Å². The van der Waals surface area contributed by atoms with Crippen molar-refractivity contribution in [2.75, 3.05) is 0 Å². The Bertz CT molecular complexity index is 367. The first kappa shape index (κ1) is 10.8. The summed E-state index contributed by atoms with van der Waals surface area (Å²) in [6.07, 6.45) is 2.26. The molecule has 0 aromatic heterocycles. The van der Waals surface area contributed by atoms with Crippen LogP contribution in [0.1, 0.15) is 25.8 Å². The third kappa shape index (κ3) is 2.37. The van der Waals surface area contributed by atoms with Crippen LogP contribution in [0.4, 0.5) is 13.2 Å².